The lowest BCUT2D eigenvalue weighted by molar-refractivity contribution is 0.102. The molecule has 0 fully saturated rings. The number of benzene rings is 2. The van der Waals surface area contributed by atoms with Gasteiger partial charge in [-0.25, -0.2) is 9.97 Å². The molecule has 0 aliphatic rings. The molecule has 5 rings (SSSR count). The summed E-state index contributed by atoms with van der Waals surface area (Å²) in [6.45, 7) is 0. The van der Waals surface area contributed by atoms with Crippen LogP contribution in [0.2, 0.25) is 0 Å². The molecule has 1 amide bonds. The lowest BCUT2D eigenvalue weighted by Crippen LogP contribution is -2.10. The Kier molecular flexibility index (Phi) is 7.15. The Morgan fingerprint density at radius 3 is 2.47 bits per heavy atom. The van der Waals surface area contributed by atoms with E-state index in [4.69, 9.17) is 29.3 Å². The molecule has 2 aromatic carbocycles. The lowest BCUT2D eigenvalue weighted by atomic mass is 10.1. The zero-order valence-electron chi connectivity index (χ0n) is 20.6. The second-order valence-electron chi connectivity index (χ2n) is 7.86. The van der Waals surface area contributed by atoms with E-state index in [1.54, 1.807) is 39.5 Å². The summed E-state index contributed by atoms with van der Waals surface area (Å²) in [6, 6.07) is 12.7. The van der Waals surface area contributed by atoms with Gasteiger partial charge in [-0.3, -0.25) is 4.79 Å². The minimum Gasteiger partial charge on any atom is -0.493 e. The highest BCUT2D eigenvalue weighted by Gasteiger charge is 2.18. The molecule has 0 bridgehead atoms. The van der Waals surface area contributed by atoms with Gasteiger partial charge in [-0.2, -0.15) is 0 Å². The Bertz CT molecular complexity index is 1550. The van der Waals surface area contributed by atoms with Gasteiger partial charge in [0.25, 0.3) is 5.91 Å². The first-order valence-corrected chi connectivity index (χ1v) is 12.9. The monoisotopic (exact) mass is 549 g/mol. The lowest BCUT2D eigenvalue weighted by Gasteiger charge is -2.14. The van der Waals surface area contributed by atoms with E-state index >= 15 is 0 Å². The van der Waals surface area contributed by atoms with Crippen LogP contribution in [0, 0.1) is 0 Å². The number of amides is 1. The largest absolute Gasteiger partial charge is 0.493 e. The van der Waals surface area contributed by atoms with Gasteiger partial charge in [0.05, 0.1) is 38.8 Å². The molecular weight excluding hydrogens is 526 g/mol. The number of carbonyl (C=O) groups is 1. The number of furan rings is 1. The van der Waals surface area contributed by atoms with Crippen molar-refractivity contribution in [3.63, 3.8) is 0 Å². The molecule has 0 spiro atoms. The summed E-state index contributed by atoms with van der Waals surface area (Å²) in [6.07, 6.45) is 2.86. The van der Waals surface area contributed by atoms with Crippen molar-refractivity contribution in [3.8, 4) is 38.4 Å². The maximum absolute atomic E-state index is 12.4. The van der Waals surface area contributed by atoms with E-state index in [-0.39, 0.29) is 5.91 Å². The molecule has 0 atom stereocenters. The van der Waals surface area contributed by atoms with Crippen LogP contribution in [-0.2, 0) is 0 Å². The number of rotatable bonds is 9. The van der Waals surface area contributed by atoms with E-state index in [0.717, 1.165) is 21.1 Å². The molecule has 0 unspecified atom stereocenters. The van der Waals surface area contributed by atoms with Gasteiger partial charge in [-0.15, -0.1) is 11.3 Å². The maximum atomic E-state index is 12.4. The van der Waals surface area contributed by atoms with Crippen molar-refractivity contribution in [1.29, 1.82) is 0 Å². The van der Waals surface area contributed by atoms with Gasteiger partial charge in [0.2, 0.25) is 5.75 Å². The van der Waals surface area contributed by atoms with Gasteiger partial charge >= 0.3 is 0 Å². The molecule has 10 nitrogen and oxygen atoms in total. The fourth-order valence-corrected chi connectivity index (χ4v) is 5.51. The number of nitrogen functional groups attached to an aromatic ring is 1. The molecule has 0 saturated heterocycles. The predicted octanol–water partition coefficient (Wildman–Crippen LogP) is 6.13. The van der Waals surface area contributed by atoms with E-state index < -0.39 is 0 Å². The first-order valence-electron chi connectivity index (χ1n) is 11.2. The molecular formula is C26H23N5O5S2. The van der Waals surface area contributed by atoms with Crippen molar-refractivity contribution < 1.29 is 23.4 Å². The molecule has 38 heavy (non-hydrogen) atoms. The van der Waals surface area contributed by atoms with E-state index in [1.165, 1.54) is 35.2 Å². The van der Waals surface area contributed by atoms with Crippen LogP contribution < -0.4 is 30.6 Å². The Morgan fingerprint density at radius 2 is 1.79 bits per heavy atom. The number of nitrogens with zero attached hydrogens (tertiary/aromatic N) is 2. The third-order valence-corrected chi connectivity index (χ3v) is 7.45. The van der Waals surface area contributed by atoms with Crippen molar-refractivity contribution in [1.82, 2.24) is 9.97 Å². The second-order valence-corrected chi connectivity index (χ2v) is 9.71. The molecule has 0 aliphatic heterocycles. The molecule has 5 aromatic rings. The molecule has 4 N–H and O–H groups in total. The number of carbonyl (C=O) groups excluding carboxylic acids is 1. The molecule has 12 heteroatoms. The van der Waals surface area contributed by atoms with Crippen LogP contribution in [0.1, 0.15) is 10.4 Å². The maximum Gasteiger partial charge on any atom is 0.258 e. The summed E-state index contributed by atoms with van der Waals surface area (Å²) in [4.78, 5) is 22.4. The standard InChI is InChI=1S/C26H23N5O5S2/c1-33-19-10-17(11-20(34-2)21(19)35-3)29-26-31-23(27)22(38-26)25-30-18(13-37-25)14-5-4-6-16(9-14)28-24(32)15-7-8-36-12-15/h4-13H,27H2,1-3H3,(H,28,32)(H,29,31). The van der Waals surface area contributed by atoms with Gasteiger partial charge in [-0.05, 0) is 18.2 Å². The number of methoxy groups -OCH3 is 3. The van der Waals surface area contributed by atoms with E-state index in [9.17, 15) is 4.79 Å². The van der Waals surface area contributed by atoms with Crippen LogP contribution in [-0.4, -0.2) is 37.2 Å². The third-order valence-electron chi connectivity index (χ3n) is 5.47. The highest BCUT2D eigenvalue weighted by molar-refractivity contribution is 7.23. The Balaban J connectivity index is 1.36. The van der Waals surface area contributed by atoms with Gasteiger partial charge in [0.1, 0.15) is 22.0 Å². The smallest absolute Gasteiger partial charge is 0.258 e. The molecule has 0 aliphatic carbocycles. The molecule has 3 heterocycles. The van der Waals surface area contributed by atoms with E-state index in [1.807, 2.05) is 29.6 Å². The van der Waals surface area contributed by atoms with Crippen molar-refractivity contribution in [2.45, 2.75) is 0 Å². The number of thiazole rings is 2. The topological polar surface area (TPSA) is 134 Å². The number of hydrogen-bond donors (Lipinski definition) is 3. The fourth-order valence-electron chi connectivity index (χ4n) is 3.68. The average Bonchev–Trinajstić information content (AvgIpc) is 3.70. The predicted molar refractivity (Wildman–Crippen MR) is 149 cm³/mol. The second kappa shape index (κ2) is 10.8. The van der Waals surface area contributed by atoms with Gasteiger partial charge in [0.15, 0.2) is 16.6 Å². The summed E-state index contributed by atoms with van der Waals surface area (Å²) in [5, 5.41) is 9.39. The minimum atomic E-state index is -0.251. The van der Waals surface area contributed by atoms with Crippen LogP contribution in [0.15, 0.2) is 64.8 Å². The van der Waals surface area contributed by atoms with Crippen LogP contribution in [0.4, 0.5) is 22.3 Å². The van der Waals surface area contributed by atoms with Gasteiger partial charge in [-0.1, -0.05) is 23.5 Å². The zero-order chi connectivity index (χ0) is 26.6. The minimum absolute atomic E-state index is 0.251. The first-order chi connectivity index (χ1) is 18.5. The average molecular weight is 550 g/mol. The fraction of sp³-hybridized carbons (Fsp3) is 0.115. The summed E-state index contributed by atoms with van der Waals surface area (Å²) in [7, 11) is 4.67. The summed E-state index contributed by atoms with van der Waals surface area (Å²) in [5.41, 5.74) is 9.68. The number of anilines is 4. The highest BCUT2D eigenvalue weighted by Crippen LogP contribution is 2.43. The van der Waals surface area contributed by atoms with Crippen LogP contribution in [0.25, 0.3) is 21.1 Å². The highest BCUT2D eigenvalue weighted by atomic mass is 32.1. The Morgan fingerprint density at radius 1 is 1.00 bits per heavy atom. The van der Waals surface area contributed by atoms with Crippen LogP contribution in [0.3, 0.4) is 0 Å². The van der Waals surface area contributed by atoms with Crippen LogP contribution >= 0.6 is 22.7 Å². The number of nitrogens with two attached hydrogens (primary N) is 1. The van der Waals surface area contributed by atoms with Crippen molar-refractivity contribution in [2.24, 2.45) is 0 Å². The van der Waals surface area contributed by atoms with Gasteiger partial charge in [0, 0.05) is 34.5 Å². The normalized spacial score (nSPS) is 10.7. The number of hydrogen-bond acceptors (Lipinski definition) is 11. The molecule has 194 valence electrons. The quantitative estimate of drug-likeness (QED) is 0.198. The van der Waals surface area contributed by atoms with Crippen molar-refractivity contribution in [3.05, 3.63) is 65.9 Å². The van der Waals surface area contributed by atoms with E-state index in [0.29, 0.717) is 45.1 Å². The SMILES string of the molecule is COc1cc(Nc2nc(N)c(-c3nc(-c4cccc(NC(=O)c5ccoc5)c4)cs3)s2)cc(OC)c1OC. The summed E-state index contributed by atoms with van der Waals surface area (Å²) in [5.74, 6) is 1.66. The third kappa shape index (κ3) is 5.12. The Hall–Kier alpha value is -4.55. The Labute approximate surface area is 226 Å². The number of ether oxygens (including phenoxy) is 3. The van der Waals surface area contributed by atoms with Gasteiger partial charge < -0.3 is 35.0 Å². The molecule has 3 aromatic heterocycles. The summed E-state index contributed by atoms with van der Waals surface area (Å²) >= 11 is 2.85. The van der Waals surface area contributed by atoms with Crippen molar-refractivity contribution in [2.75, 3.05) is 37.7 Å². The zero-order valence-corrected chi connectivity index (χ0v) is 22.2. The molecule has 0 radical (unpaired) electrons. The first kappa shape index (κ1) is 25.1. The number of aromatic nitrogens is 2. The molecule has 0 saturated carbocycles. The van der Waals surface area contributed by atoms with Crippen molar-refractivity contribution >= 4 is 50.9 Å². The number of nitrogens with one attached hydrogen (secondary N) is 2. The van der Waals surface area contributed by atoms with Crippen LogP contribution in [0.5, 0.6) is 17.2 Å². The van der Waals surface area contributed by atoms with E-state index in [2.05, 4.69) is 15.6 Å². The summed E-state index contributed by atoms with van der Waals surface area (Å²) < 4.78 is 21.2.